The van der Waals surface area contributed by atoms with Gasteiger partial charge in [0, 0.05) is 43.9 Å². The number of carbonyl (C=O) groups excluding carboxylic acids is 1. The number of benzene rings is 2. The van der Waals surface area contributed by atoms with Crippen molar-refractivity contribution in [3.63, 3.8) is 0 Å². The normalized spacial score (nSPS) is 18.9. The highest BCUT2D eigenvalue weighted by molar-refractivity contribution is 5.78. The predicted octanol–water partition coefficient (Wildman–Crippen LogP) is 3.14. The van der Waals surface area contributed by atoms with Crippen LogP contribution in [0, 0.1) is 26.0 Å². The number of para-hydroxylation sites is 1. The lowest BCUT2D eigenvalue weighted by molar-refractivity contribution is -0.396. The summed E-state index contributed by atoms with van der Waals surface area (Å²) in [6.07, 6.45) is 0. The molecule has 1 saturated heterocycles. The largest absolute Gasteiger partial charge is 0.472 e. The molecule has 2 aromatic rings. The Bertz CT molecular complexity index is 984. The molecule has 0 N–H and O–H groups in total. The average molecular weight is 446 g/mol. The number of ether oxygens (including phenoxy) is 1. The first-order valence-corrected chi connectivity index (χ1v) is 10.00. The van der Waals surface area contributed by atoms with Crippen molar-refractivity contribution in [3.05, 3.63) is 74.1 Å². The third-order valence-corrected chi connectivity index (χ3v) is 5.44. The van der Waals surface area contributed by atoms with Gasteiger partial charge in [0.15, 0.2) is 6.61 Å². The van der Waals surface area contributed by atoms with E-state index in [1.165, 1.54) is 18.2 Å². The van der Waals surface area contributed by atoms with Crippen LogP contribution in [0.25, 0.3) is 0 Å². The first kappa shape index (κ1) is 23.1. The number of piperazine rings is 1. The fraction of sp³-hybridized carbons (Fsp3) is 0.381. The van der Waals surface area contributed by atoms with Crippen molar-refractivity contribution in [2.75, 3.05) is 19.7 Å². The van der Waals surface area contributed by atoms with Crippen LogP contribution in [0.15, 0.2) is 42.5 Å². The second-order valence-electron chi connectivity index (χ2n) is 7.73. The first-order chi connectivity index (χ1) is 15.2. The average Bonchev–Trinajstić information content (AvgIpc) is 2.75. The summed E-state index contributed by atoms with van der Waals surface area (Å²) in [6.45, 7) is 4.84. The van der Waals surface area contributed by atoms with Gasteiger partial charge >= 0.3 is 11.4 Å². The quantitative estimate of drug-likeness (QED) is 0.473. The lowest BCUT2D eigenvalue weighted by atomic mass is 10.1. The van der Waals surface area contributed by atoms with Crippen molar-refractivity contribution in [1.82, 2.24) is 9.80 Å². The van der Waals surface area contributed by atoms with E-state index in [9.17, 15) is 29.4 Å². The maximum atomic E-state index is 13.1. The Kier molecular flexibility index (Phi) is 6.98. The van der Waals surface area contributed by atoms with Crippen LogP contribution in [0.2, 0.25) is 0 Å². The Hall–Kier alpha value is -3.60. The number of nitrogens with zero attached hydrogens (tertiary/aromatic N) is 4. The number of hydrogen-bond donors (Lipinski definition) is 0. The highest BCUT2D eigenvalue weighted by atomic mass is 19.1. The molecule has 11 heteroatoms. The number of halogens is 1. The molecule has 1 aliphatic heterocycles. The second-order valence-corrected chi connectivity index (χ2v) is 7.73. The summed E-state index contributed by atoms with van der Waals surface area (Å²) in [7, 11) is 0. The highest BCUT2D eigenvalue weighted by Gasteiger charge is 2.33. The Morgan fingerprint density at radius 1 is 1.03 bits per heavy atom. The molecule has 0 aliphatic carbocycles. The van der Waals surface area contributed by atoms with E-state index in [1.54, 1.807) is 17.0 Å². The molecule has 2 aromatic carbocycles. The molecule has 0 bridgehead atoms. The van der Waals surface area contributed by atoms with Crippen LogP contribution in [-0.2, 0) is 11.3 Å². The van der Waals surface area contributed by atoms with Crippen LogP contribution in [0.1, 0.15) is 19.4 Å². The monoisotopic (exact) mass is 446 g/mol. The summed E-state index contributed by atoms with van der Waals surface area (Å²) in [5.74, 6) is -1.26. The molecule has 1 amide bonds. The predicted molar refractivity (Wildman–Crippen MR) is 113 cm³/mol. The van der Waals surface area contributed by atoms with Crippen molar-refractivity contribution >= 4 is 17.3 Å². The molecule has 2 atom stereocenters. The molecule has 0 radical (unpaired) electrons. The van der Waals surface area contributed by atoms with Crippen molar-refractivity contribution < 1.29 is 23.8 Å². The first-order valence-electron chi connectivity index (χ1n) is 10.00. The SMILES string of the molecule is C[C@@H]1CN(Cc2ccc(F)cc2)[C@@H](C)CN1C(=O)COc1c([N+](=O)[O-])cccc1[N+](=O)[O-]. The number of nitro groups is 2. The lowest BCUT2D eigenvalue weighted by Gasteiger charge is -2.44. The van der Waals surface area contributed by atoms with Gasteiger partial charge in [-0.25, -0.2) is 4.39 Å². The summed E-state index contributed by atoms with van der Waals surface area (Å²) in [4.78, 5) is 37.4. The number of hydrogen-bond acceptors (Lipinski definition) is 7. The van der Waals surface area contributed by atoms with Crippen LogP contribution in [-0.4, -0.2) is 57.3 Å². The molecule has 0 spiro atoms. The maximum absolute atomic E-state index is 13.1. The van der Waals surface area contributed by atoms with Crippen molar-refractivity contribution in [3.8, 4) is 5.75 Å². The Labute approximate surface area is 183 Å². The molecule has 3 rings (SSSR count). The Balaban J connectivity index is 1.66. The number of nitro benzene ring substituents is 2. The third kappa shape index (κ3) is 5.17. The molecule has 1 heterocycles. The zero-order valence-electron chi connectivity index (χ0n) is 17.6. The Morgan fingerprint density at radius 3 is 2.19 bits per heavy atom. The van der Waals surface area contributed by atoms with Gasteiger partial charge < -0.3 is 9.64 Å². The van der Waals surface area contributed by atoms with Gasteiger partial charge in [-0.05, 0) is 37.6 Å². The van der Waals surface area contributed by atoms with Crippen molar-refractivity contribution in [2.45, 2.75) is 32.5 Å². The third-order valence-electron chi connectivity index (χ3n) is 5.44. The van der Waals surface area contributed by atoms with Gasteiger partial charge in [0.1, 0.15) is 5.82 Å². The van der Waals surface area contributed by atoms with Gasteiger partial charge in [-0.15, -0.1) is 0 Å². The smallest absolute Gasteiger partial charge is 0.318 e. The van der Waals surface area contributed by atoms with Crippen LogP contribution in [0.3, 0.4) is 0 Å². The molecule has 1 fully saturated rings. The van der Waals surface area contributed by atoms with E-state index in [2.05, 4.69) is 4.90 Å². The second kappa shape index (κ2) is 9.69. The summed E-state index contributed by atoms with van der Waals surface area (Å²) >= 11 is 0. The summed E-state index contributed by atoms with van der Waals surface area (Å²) in [5, 5.41) is 22.4. The van der Waals surface area contributed by atoms with E-state index in [4.69, 9.17) is 4.74 Å². The maximum Gasteiger partial charge on any atom is 0.318 e. The van der Waals surface area contributed by atoms with Crippen LogP contribution in [0.4, 0.5) is 15.8 Å². The highest BCUT2D eigenvalue weighted by Crippen LogP contribution is 2.36. The van der Waals surface area contributed by atoms with Crippen molar-refractivity contribution in [2.24, 2.45) is 0 Å². The fourth-order valence-electron chi connectivity index (χ4n) is 3.76. The van der Waals surface area contributed by atoms with Gasteiger partial charge in [0.05, 0.1) is 9.85 Å². The van der Waals surface area contributed by atoms with E-state index in [0.29, 0.717) is 19.6 Å². The van der Waals surface area contributed by atoms with Crippen molar-refractivity contribution in [1.29, 1.82) is 0 Å². The number of rotatable bonds is 7. The molecule has 0 saturated carbocycles. The van der Waals surface area contributed by atoms with E-state index in [1.807, 2.05) is 13.8 Å². The van der Waals surface area contributed by atoms with E-state index in [0.717, 1.165) is 17.7 Å². The lowest BCUT2D eigenvalue weighted by Crippen LogP contribution is -2.58. The molecule has 32 heavy (non-hydrogen) atoms. The minimum absolute atomic E-state index is 0.000556. The van der Waals surface area contributed by atoms with Crippen LogP contribution in [0.5, 0.6) is 5.75 Å². The van der Waals surface area contributed by atoms with Gasteiger partial charge in [0.25, 0.3) is 11.7 Å². The summed E-state index contributed by atoms with van der Waals surface area (Å²) in [6, 6.07) is 9.44. The van der Waals surface area contributed by atoms with Gasteiger partial charge in [-0.1, -0.05) is 12.1 Å². The van der Waals surface area contributed by atoms with E-state index < -0.39 is 39.5 Å². The van der Waals surface area contributed by atoms with E-state index in [-0.39, 0.29) is 17.9 Å². The minimum atomic E-state index is -0.786. The molecule has 0 aromatic heterocycles. The molecule has 170 valence electrons. The summed E-state index contributed by atoms with van der Waals surface area (Å²) < 4.78 is 18.4. The standard InChI is InChI=1S/C21H23FN4O6/c1-14-11-24(15(2)10-23(14)12-16-6-8-17(22)9-7-16)20(27)13-32-21-18(25(28)29)4-3-5-19(21)26(30)31/h3-9,14-15H,10-13H2,1-2H3/t14-,15+/m0/s1. The fourth-order valence-corrected chi connectivity index (χ4v) is 3.76. The van der Waals surface area contributed by atoms with Crippen LogP contribution < -0.4 is 4.74 Å². The number of amides is 1. The molecular formula is C21H23FN4O6. The Morgan fingerprint density at radius 2 is 1.62 bits per heavy atom. The van der Waals surface area contributed by atoms with Gasteiger partial charge in [0.2, 0.25) is 0 Å². The van der Waals surface area contributed by atoms with Crippen LogP contribution >= 0.6 is 0 Å². The van der Waals surface area contributed by atoms with Gasteiger partial charge in [-0.3, -0.25) is 29.9 Å². The molecule has 1 aliphatic rings. The zero-order valence-corrected chi connectivity index (χ0v) is 17.6. The topological polar surface area (TPSA) is 119 Å². The number of carbonyl (C=O) groups is 1. The minimum Gasteiger partial charge on any atom is -0.472 e. The van der Waals surface area contributed by atoms with Gasteiger partial charge in [-0.2, -0.15) is 0 Å². The molecule has 0 unspecified atom stereocenters. The zero-order chi connectivity index (χ0) is 23.4. The van der Waals surface area contributed by atoms with E-state index >= 15 is 0 Å². The molecule has 10 nitrogen and oxygen atoms in total. The molecular weight excluding hydrogens is 423 g/mol. The summed E-state index contributed by atoms with van der Waals surface area (Å²) in [5.41, 5.74) is -0.188.